The molecule has 0 saturated heterocycles. The Morgan fingerprint density at radius 1 is 0.914 bits per heavy atom. The van der Waals surface area contributed by atoms with Crippen LogP contribution in [0.1, 0.15) is 82.0 Å². The lowest BCUT2D eigenvalue weighted by Gasteiger charge is -2.61. The monoisotopic (exact) mass is 480 g/mol. The number of carbonyl (C=O) groups is 3. The summed E-state index contributed by atoms with van der Waals surface area (Å²) in [7, 11) is 0. The number of benzene rings is 1. The molecule has 4 saturated carbocycles. The average Bonchev–Trinajstić information content (AvgIpc) is 3.20. The van der Waals surface area contributed by atoms with Gasteiger partial charge in [0.1, 0.15) is 6.54 Å². The van der Waals surface area contributed by atoms with Crippen molar-refractivity contribution in [3.63, 3.8) is 0 Å². The molecule has 0 bridgehead atoms. The van der Waals surface area contributed by atoms with Crippen molar-refractivity contribution < 1.29 is 19.5 Å². The second-order valence-corrected chi connectivity index (χ2v) is 12.3. The minimum atomic E-state index is -0.987. The number of amides is 2. The fraction of sp³-hybridized carbons (Fsp3) is 0.690. The minimum Gasteiger partial charge on any atom is -0.480 e. The van der Waals surface area contributed by atoms with Gasteiger partial charge in [0.15, 0.2) is 0 Å². The largest absolute Gasteiger partial charge is 0.480 e. The van der Waals surface area contributed by atoms with Crippen LogP contribution in [0.4, 0.5) is 0 Å². The van der Waals surface area contributed by atoms with Gasteiger partial charge in [-0.2, -0.15) is 0 Å². The molecule has 0 spiro atoms. The number of carboxylic acid groups (broad SMARTS) is 1. The van der Waals surface area contributed by atoms with Crippen LogP contribution in [0.5, 0.6) is 0 Å². The van der Waals surface area contributed by atoms with E-state index in [1.165, 1.54) is 19.3 Å². The Bertz CT molecular complexity index is 980. The molecule has 6 nitrogen and oxygen atoms in total. The van der Waals surface area contributed by atoms with E-state index in [4.69, 9.17) is 5.11 Å². The Kier molecular flexibility index (Phi) is 6.43. The van der Waals surface area contributed by atoms with Gasteiger partial charge in [-0.25, -0.2) is 0 Å². The minimum absolute atomic E-state index is 0.0345. The van der Waals surface area contributed by atoms with E-state index in [2.05, 4.69) is 24.5 Å². The van der Waals surface area contributed by atoms with Crippen molar-refractivity contribution >= 4 is 17.8 Å². The lowest BCUT2D eigenvalue weighted by molar-refractivity contribution is -0.142. The number of hydrogen-bond acceptors (Lipinski definition) is 3. The number of carbonyl (C=O) groups excluding carboxylic acids is 2. The van der Waals surface area contributed by atoms with E-state index in [9.17, 15) is 14.4 Å². The van der Waals surface area contributed by atoms with Gasteiger partial charge in [-0.15, -0.1) is 0 Å². The normalized spacial score (nSPS) is 40.1. The molecule has 5 rings (SSSR count). The summed E-state index contributed by atoms with van der Waals surface area (Å²) in [5.41, 5.74) is 0.913. The number of hydrogen-bond donors (Lipinski definition) is 3. The zero-order valence-corrected chi connectivity index (χ0v) is 21.1. The first kappa shape index (κ1) is 24.3. The summed E-state index contributed by atoms with van der Waals surface area (Å²) >= 11 is 0. The molecular formula is C29H40N2O4. The Labute approximate surface area is 208 Å². The van der Waals surface area contributed by atoms with Crippen LogP contribution in [0.15, 0.2) is 30.3 Å². The maximum Gasteiger partial charge on any atom is 0.322 e. The van der Waals surface area contributed by atoms with Crippen LogP contribution in [-0.4, -0.2) is 35.5 Å². The van der Waals surface area contributed by atoms with Crippen molar-refractivity contribution in [2.45, 2.75) is 77.7 Å². The maximum absolute atomic E-state index is 12.9. The first-order valence-electron chi connectivity index (χ1n) is 13.6. The molecule has 0 aliphatic heterocycles. The van der Waals surface area contributed by atoms with Crippen LogP contribution in [0.25, 0.3) is 0 Å². The van der Waals surface area contributed by atoms with Crippen molar-refractivity contribution in [2.24, 2.45) is 40.4 Å². The van der Waals surface area contributed by atoms with Crippen LogP contribution in [0.3, 0.4) is 0 Å². The number of rotatable bonds is 5. The van der Waals surface area contributed by atoms with Crippen LogP contribution >= 0.6 is 0 Å². The Balaban J connectivity index is 1.30. The molecule has 0 aromatic heterocycles. The van der Waals surface area contributed by atoms with E-state index in [1.807, 2.05) is 30.3 Å². The molecule has 0 unspecified atom stereocenters. The maximum atomic E-state index is 12.9. The topological polar surface area (TPSA) is 95.5 Å². The predicted molar refractivity (Wildman–Crippen MR) is 134 cm³/mol. The van der Waals surface area contributed by atoms with Gasteiger partial charge in [-0.3, -0.25) is 14.4 Å². The lowest BCUT2D eigenvalue weighted by atomic mass is 9.44. The zero-order valence-electron chi connectivity index (χ0n) is 21.1. The lowest BCUT2D eigenvalue weighted by Crippen LogP contribution is -2.56. The Morgan fingerprint density at radius 2 is 1.63 bits per heavy atom. The fourth-order valence-corrected chi connectivity index (χ4v) is 9.06. The molecule has 2 amide bonds. The predicted octanol–water partition coefficient (Wildman–Crippen LogP) is 4.64. The standard InChI is InChI=1S/C29H40N2O4/c1-28-15-14-23-21(22(28)12-13-24(28)27(35)30-17-25(32)33)11-9-19-8-10-20(16-29(19,23)2)31-26(34)18-6-4-3-5-7-18/h3-7,19-24H,8-17H2,1-2H3,(H,30,35)(H,31,34)(H,32,33)/t19-,20-,21+,22-,23+,24-,28+,29+/m1/s1. The second kappa shape index (κ2) is 9.25. The van der Waals surface area contributed by atoms with Crippen molar-refractivity contribution in [2.75, 3.05) is 6.54 Å². The Hall–Kier alpha value is -2.37. The first-order chi connectivity index (χ1) is 16.7. The van der Waals surface area contributed by atoms with E-state index < -0.39 is 5.97 Å². The van der Waals surface area contributed by atoms with Crippen molar-refractivity contribution in [3.8, 4) is 0 Å². The van der Waals surface area contributed by atoms with Crippen LogP contribution in [0.2, 0.25) is 0 Å². The molecule has 4 aliphatic rings. The van der Waals surface area contributed by atoms with E-state index in [1.54, 1.807) is 0 Å². The molecule has 6 heteroatoms. The molecule has 1 aromatic carbocycles. The van der Waals surface area contributed by atoms with E-state index in [-0.39, 0.29) is 41.1 Å². The van der Waals surface area contributed by atoms with Gasteiger partial charge in [-0.1, -0.05) is 32.0 Å². The highest BCUT2D eigenvalue weighted by molar-refractivity contribution is 5.94. The molecule has 190 valence electrons. The summed E-state index contributed by atoms with van der Waals surface area (Å²) in [6.07, 6.45) is 9.88. The Morgan fingerprint density at radius 3 is 2.37 bits per heavy atom. The van der Waals surface area contributed by atoms with Gasteiger partial charge >= 0.3 is 5.97 Å². The number of nitrogens with one attached hydrogen (secondary N) is 2. The third kappa shape index (κ3) is 4.27. The fourth-order valence-electron chi connectivity index (χ4n) is 9.06. The highest BCUT2D eigenvalue weighted by Gasteiger charge is 2.61. The van der Waals surface area contributed by atoms with E-state index in [0.717, 1.165) is 44.1 Å². The molecule has 3 N–H and O–H groups in total. The van der Waals surface area contributed by atoms with Gasteiger partial charge in [0, 0.05) is 17.5 Å². The van der Waals surface area contributed by atoms with Crippen LogP contribution < -0.4 is 10.6 Å². The zero-order chi connectivity index (χ0) is 24.8. The number of carboxylic acids is 1. The van der Waals surface area contributed by atoms with Crippen molar-refractivity contribution in [1.82, 2.24) is 10.6 Å². The summed E-state index contributed by atoms with van der Waals surface area (Å²) in [5.74, 6) is 1.39. The van der Waals surface area contributed by atoms with Crippen LogP contribution in [0, 0.1) is 40.4 Å². The first-order valence-corrected chi connectivity index (χ1v) is 13.6. The summed E-state index contributed by atoms with van der Waals surface area (Å²) in [6.45, 7) is 4.49. The van der Waals surface area contributed by atoms with Gasteiger partial charge < -0.3 is 15.7 Å². The molecule has 0 radical (unpaired) electrons. The van der Waals surface area contributed by atoms with E-state index in [0.29, 0.717) is 23.7 Å². The van der Waals surface area contributed by atoms with Gasteiger partial charge in [0.2, 0.25) is 5.91 Å². The summed E-state index contributed by atoms with van der Waals surface area (Å²) in [6, 6.07) is 9.73. The average molecular weight is 481 g/mol. The molecule has 4 fully saturated rings. The SMILES string of the molecule is C[C@]12C[C@H](NC(=O)c3ccccc3)CC[C@@H]1CC[C@H]1[C@H]3CC[C@H](C(=O)NCC(=O)O)[C@@]3(C)CC[C@@H]12. The van der Waals surface area contributed by atoms with Gasteiger partial charge in [-0.05, 0) is 104 Å². The quantitative estimate of drug-likeness (QED) is 0.572. The number of aliphatic carboxylic acids is 1. The molecule has 8 atom stereocenters. The highest BCUT2D eigenvalue weighted by atomic mass is 16.4. The summed E-state index contributed by atoms with van der Waals surface area (Å²) < 4.78 is 0. The van der Waals surface area contributed by atoms with E-state index >= 15 is 0 Å². The summed E-state index contributed by atoms with van der Waals surface area (Å²) in [4.78, 5) is 36.7. The van der Waals surface area contributed by atoms with Crippen molar-refractivity contribution in [1.29, 1.82) is 0 Å². The molecule has 4 aliphatic carbocycles. The summed E-state index contributed by atoms with van der Waals surface area (Å²) in [5, 5.41) is 15.0. The molecule has 35 heavy (non-hydrogen) atoms. The van der Waals surface area contributed by atoms with Crippen LogP contribution in [-0.2, 0) is 9.59 Å². The highest BCUT2D eigenvalue weighted by Crippen LogP contribution is 2.67. The molecule has 1 aromatic rings. The molecule has 0 heterocycles. The smallest absolute Gasteiger partial charge is 0.322 e. The molecular weight excluding hydrogens is 440 g/mol. The van der Waals surface area contributed by atoms with Gasteiger partial charge in [0.25, 0.3) is 5.91 Å². The third-order valence-electron chi connectivity index (χ3n) is 10.7. The number of fused-ring (bicyclic) bond motifs is 5. The second-order valence-electron chi connectivity index (χ2n) is 12.3. The van der Waals surface area contributed by atoms with Gasteiger partial charge in [0.05, 0.1) is 0 Å². The van der Waals surface area contributed by atoms with Crippen molar-refractivity contribution in [3.05, 3.63) is 35.9 Å². The third-order valence-corrected chi connectivity index (χ3v) is 10.7.